The van der Waals surface area contributed by atoms with Crippen molar-refractivity contribution in [2.45, 2.75) is 52.1 Å². The predicted octanol–water partition coefficient (Wildman–Crippen LogP) is 1.51. The van der Waals surface area contributed by atoms with E-state index in [-0.39, 0.29) is 31.3 Å². The minimum atomic E-state index is -0.905. The molecular weight excluding hydrogens is 348 g/mol. The molecule has 1 aromatic carbocycles. The van der Waals surface area contributed by atoms with Gasteiger partial charge in [0.05, 0.1) is 6.61 Å². The number of rotatable bonds is 8. The fraction of sp³-hybridized carbons (Fsp3) is 0.500. The van der Waals surface area contributed by atoms with E-state index in [9.17, 15) is 19.2 Å². The summed E-state index contributed by atoms with van der Waals surface area (Å²) in [5.74, 6) is -2.11. The van der Waals surface area contributed by atoms with Crippen LogP contribution < -0.4 is 5.32 Å². The maximum Gasteiger partial charge on any atom is 0.376 e. The summed E-state index contributed by atoms with van der Waals surface area (Å²) in [6, 6.07) is 7.05. The van der Waals surface area contributed by atoms with Gasteiger partial charge in [0, 0.05) is 25.9 Å². The van der Waals surface area contributed by atoms with Crippen LogP contribution in [0, 0.1) is 6.92 Å². The Morgan fingerprint density at radius 1 is 1.15 bits per heavy atom. The standard InChI is InChI=1S/C20H26N2O5/c1-3-27-20(26)19(25)16-5-4-12-22(16)18(24)11-10-17(23)21-13-15-8-6-14(2)7-9-15/h6-9,16H,3-5,10-13H2,1-2H3,(H,21,23)/t16-/m0/s1. The number of ether oxygens (including phenoxy) is 1. The van der Waals surface area contributed by atoms with Crippen LogP contribution in [-0.2, 0) is 30.5 Å². The first kappa shape index (κ1) is 20.6. The van der Waals surface area contributed by atoms with Gasteiger partial charge >= 0.3 is 5.97 Å². The van der Waals surface area contributed by atoms with Crippen LogP contribution in [0.5, 0.6) is 0 Å². The Balaban J connectivity index is 1.79. The van der Waals surface area contributed by atoms with E-state index in [2.05, 4.69) is 5.32 Å². The van der Waals surface area contributed by atoms with Gasteiger partial charge in [-0.25, -0.2) is 4.79 Å². The van der Waals surface area contributed by atoms with Crippen molar-refractivity contribution in [3.8, 4) is 0 Å². The van der Waals surface area contributed by atoms with E-state index >= 15 is 0 Å². The number of hydrogen-bond acceptors (Lipinski definition) is 5. The molecule has 1 aromatic rings. The molecule has 0 spiro atoms. The van der Waals surface area contributed by atoms with Crippen LogP contribution in [-0.4, -0.2) is 47.7 Å². The maximum atomic E-state index is 12.4. The topological polar surface area (TPSA) is 92.8 Å². The minimum absolute atomic E-state index is 0.00629. The van der Waals surface area contributed by atoms with Crippen molar-refractivity contribution >= 4 is 23.6 Å². The van der Waals surface area contributed by atoms with Crippen molar-refractivity contribution in [1.29, 1.82) is 0 Å². The van der Waals surface area contributed by atoms with Crippen molar-refractivity contribution in [3.63, 3.8) is 0 Å². The normalized spacial score (nSPS) is 16.1. The van der Waals surface area contributed by atoms with Crippen LogP contribution in [0.2, 0.25) is 0 Å². The van der Waals surface area contributed by atoms with Crippen molar-refractivity contribution in [1.82, 2.24) is 10.2 Å². The molecule has 0 unspecified atom stereocenters. The number of nitrogens with one attached hydrogen (secondary N) is 1. The van der Waals surface area contributed by atoms with E-state index in [0.717, 1.165) is 11.1 Å². The lowest BCUT2D eigenvalue weighted by atomic mass is 10.1. The lowest BCUT2D eigenvalue weighted by Crippen LogP contribution is -2.44. The molecule has 0 aliphatic carbocycles. The molecule has 2 rings (SSSR count). The summed E-state index contributed by atoms with van der Waals surface area (Å²) in [6.07, 6.45) is 1.15. The third kappa shape index (κ3) is 5.91. The van der Waals surface area contributed by atoms with Crippen LogP contribution >= 0.6 is 0 Å². The van der Waals surface area contributed by atoms with E-state index in [1.165, 1.54) is 4.90 Å². The van der Waals surface area contributed by atoms with Crippen LogP contribution in [0.3, 0.4) is 0 Å². The van der Waals surface area contributed by atoms with Gasteiger partial charge in [0.15, 0.2) is 0 Å². The molecule has 27 heavy (non-hydrogen) atoms. The second-order valence-corrected chi connectivity index (χ2v) is 6.59. The third-order valence-corrected chi connectivity index (χ3v) is 4.53. The molecule has 1 aliphatic heterocycles. The Kier molecular flexibility index (Phi) is 7.52. The summed E-state index contributed by atoms with van der Waals surface area (Å²) < 4.78 is 4.73. The van der Waals surface area contributed by atoms with E-state index in [0.29, 0.717) is 25.9 Å². The summed E-state index contributed by atoms with van der Waals surface area (Å²) in [7, 11) is 0. The lowest BCUT2D eigenvalue weighted by molar-refractivity contribution is -0.156. The zero-order chi connectivity index (χ0) is 19.8. The second kappa shape index (κ2) is 9.85. The number of esters is 1. The van der Waals surface area contributed by atoms with E-state index in [1.807, 2.05) is 31.2 Å². The number of benzene rings is 1. The highest BCUT2D eigenvalue weighted by atomic mass is 16.5. The predicted molar refractivity (Wildman–Crippen MR) is 98.6 cm³/mol. The summed E-state index contributed by atoms with van der Waals surface area (Å²) in [5, 5.41) is 2.78. The number of hydrogen-bond donors (Lipinski definition) is 1. The smallest absolute Gasteiger partial charge is 0.376 e. The van der Waals surface area contributed by atoms with Crippen molar-refractivity contribution in [2.24, 2.45) is 0 Å². The van der Waals surface area contributed by atoms with Gasteiger partial charge < -0.3 is 15.0 Å². The number of carbonyl (C=O) groups excluding carboxylic acids is 4. The van der Waals surface area contributed by atoms with Gasteiger partial charge in [-0.15, -0.1) is 0 Å². The van der Waals surface area contributed by atoms with Gasteiger partial charge in [-0.1, -0.05) is 29.8 Å². The number of ketones is 1. The monoisotopic (exact) mass is 374 g/mol. The van der Waals surface area contributed by atoms with Crippen LogP contribution in [0.4, 0.5) is 0 Å². The fourth-order valence-electron chi connectivity index (χ4n) is 3.04. The quantitative estimate of drug-likeness (QED) is 0.550. The maximum absolute atomic E-state index is 12.4. The van der Waals surface area contributed by atoms with Crippen molar-refractivity contribution < 1.29 is 23.9 Å². The average Bonchev–Trinajstić information content (AvgIpc) is 3.15. The number of aryl methyl sites for hydroxylation is 1. The number of likely N-dealkylation sites (tertiary alicyclic amines) is 1. The van der Waals surface area contributed by atoms with E-state index < -0.39 is 17.8 Å². The number of Topliss-reactive ketones (excluding diaryl/α,β-unsaturated/α-hetero) is 1. The highest BCUT2D eigenvalue weighted by Gasteiger charge is 2.37. The third-order valence-electron chi connectivity index (χ3n) is 4.53. The first-order chi connectivity index (χ1) is 12.9. The van der Waals surface area contributed by atoms with Crippen molar-refractivity contribution in [2.75, 3.05) is 13.2 Å². The summed E-state index contributed by atoms with van der Waals surface area (Å²) in [5.41, 5.74) is 2.13. The number of amides is 2. The van der Waals surface area contributed by atoms with Crippen LogP contribution in [0.1, 0.15) is 43.7 Å². The molecule has 1 heterocycles. The Morgan fingerprint density at radius 2 is 1.85 bits per heavy atom. The zero-order valence-electron chi connectivity index (χ0n) is 15.8. The molecule has 2 amide bonds. The number of carbonyl (C=O) groups is 4. The SMILES string of the molecule is CCOC(=O)C(=O)[C@@H]1CCCN1C(=O)CCC(=O)NCc1ccc(C)cc1. The highest BCUT2D eigenvalue weighted by Crippen LogP contribution is 2.20. The van der Waals surface area contributed by atoms with E-state index in [1.54, 1.807) is 6.92 Å². The lowest BCUT2D eigenvalue weighted by Gasteiger charge is -2.22. The minimum Gasteiger partial charge on any atom is -0.460 e. The molecule has 146 valence electrons. The molecular formula is C20H26N2O5. The van der Waals surface area contributed by atoms with Crippen LogP contribution in [0.15, 0.2) is 24.3 Å². The van der Waals surface area contributed by atoms with Gasteiger partial charge in [0.25, 0.3) is 5.78 Å². The number of nitrogens with zero attached hydrogens (tertiary/aromatic N) is 1. The first-order valence-corrected chi connectivity index (χ1v) is 9.25. The highest BCUT2D eigenvalue weighted by molar-refractivity contribution is 6.36. The largest absolute Gasteiger partial charge is 0.460 e. The Morgan fingerprint density at radius 3 is 2.52 bits per heavy atom. The van der Waals surface area contributed by atoms with Gasteiger partial charge in [-0.3, -0.25) is 14.4 Å². The van der Waals surface area contributed by atoms with E-state index in [4.69, 9.17) is 4.74 Å². The molecule has 0 radical (unpaired) electrons. The molecule has 1 saturated heterocycles. The zero-order valence-corrected chi connectivity index (χ0v) is 15.8. The van der Waals surface area contributed by atoms with Gasteiger partial charge in [-0.2, -0.15) is 0 Å². The van der Waals surface area contributed by atoms with Gasteiger partial charge in [-0.05, 0) is 32.3 Å². The molecule has 1 fully saturated rings. The molecule has 0 aromatic heterocycles. The molecule has 7 heteroatoms. The molecule has 0 saturated carbocycles. The van der Waals surface area contributed by atoms with Gasteiger partial charge in [0.1, 0.15) is 6.04 Å². The molecule has 7 nitrogen and oxygen atoms in total. The van der Waals surface area contributed by atoms with Crippen molar-refractivity contribution in [3.05, 3.63) is 35.4 Å². The average molecular weight is 374 g/mol. The molecule has 0 bridgehead atoms. The Bertz CT molecular complexity index is 699. The molecule has 1 atom stereocenters. The fourth-order valence-corrected chi connectivity index (χ4v) is 3.04. The molecule has 1 aliphatic rings. The first-order valence-electron chi connectivity index (χ1n) is 9.25. The summed E-state index contributed by atoms with van der Waals surface area (Å²) >= 11 is 0. The second-order valence-electron chi connectivity index (χ2n) is 6.59. The Hall–Kier alpha value is -2.70. The Labute approximate surface area is 159 Å². The summed E-state index contributed by atoms with van der Waals surface area (Å²) in [6.45, 7) is 4.55. The van der Waals surface area contributed by atoms with Crippen LogP contribution in [0.25, 0.3) is 0 Å². The summed E-state index contributed by atoms with van der Waals surface area (Å²) in [4.78, 5) is 49.5. The van der Waals surface area contributed by atoms with Gasteiger partial charge in [0.2, 0.25) is 11.8 Å². The molecule has 1 N–H and O–H groups in total.